The van der Waals surface area contributed by atoms with Crippen LogP contribution in [-0.4, -0.2) is 75.4 Å². The average Bonchev–Trinajstić information content (AvgIpc) is 2.57. The molecule has 0 aromatic carbocycles. The molecule has 1 heterocycles. The fourth-order valence-electron chi connectivity index (χ4n) is 3.21. The van der Waals surface area contributed by atoms with Gasteiger partial charge in [-0.25, -0.2) is 10.9 Å². The maximum Gasteiger partial charge on any atom is 0.0742 e. The van der Waals surface area contributed by atoms with Gasteiger partial charge in [0.25, 0.3) is 0 Å². The van der Waals surface area contributed by atoms with Crippen LogP contribution in [-0.2, 0) is 9.47 Å². The Bertz CT molecular complexity index is 303. The summed E-state index contributed by atoms with van der Waals surface area (Å²) in [6.45, 7) is 11.9. The van der Waals surface area contributed by atoms with Crippen LogP contribution in [0, 0.1) is 5.92 Å². The summed E-state index contributed by atoms with van der Waals surface area (Å²) in [5.74, 6) is 1.77. The summed E-state index contributed by atoms with van der Waals surface area (Å²) in [7, 11) is 0.0849. The Labute approximate surface area is 159 Å². The summed E-state index contributed by atoms with van der Waals surface area (Å²) >= 11 is 0. The highest BCUT2D eigenvalue weighted by Gasteiger charge is 2.18. The van der Waals surface area contributed by atoms with E-state index in [9.17, 15) is 0 Å². The van der Waals surface area contributed by atoms with Crippen LogP contribution >= 0.6 is 10.9 Å². The zero-order valence-corrected chi connectivity index (χ0v) is 18.2. The third-order valence-corrected chi connectivity index (χ3v) is 5.32. The van der Waals surface area contributed by atoms with Gasteiger partial charge in [-0.1, -0.05) is 26.7 Å². The van der Waals surface area contributed by atoms with E-state index in [0.29, 0.717) is 6.04 Å². The highest BCUT2D eigenvalue weighted by atomic mass is 32.2. The van der Waals surface area contributed by atoms with Crippen LogP contribution in [0.4, 0.5) is 0 Å². The molecule has 1 aliphatic heterocycles. The Balaban J connectivity index is 1.95. The fourth-order valence-corrected chi connectivity index (χ4v) is 3.70. The number of hydrogen-bond donors (Lipinski definition) is 2. The van der Waals surface area contributed by atoms with Gasteiger partial charge in [-0.15, -0.1) is 0 Å². The molecule has 1 fully saturated rings. The molecule has 5 heteroatoms. The number of unbranched alkanes of at least 4 members (excludes halogenated alkanes) is 1. The van der Waals surface area contributed by atoms with Gasteiger partial charge < -0.3 is 14.8 Å². The summed E-state index contributed by atoms with van der Waals surface area (Å²) in [4.78, 5) is 2.56. The van der Waals surface area contributed by atoms with Gasteiger partial charge in [0.15, 0.2) is 0 Å². The first-order valence-electron chi connectivity index (χ1n) is 10.3. The third-order valence-electron chi connectivity index (χ3n) is 4.63. The Hall–Kier alpha value is 0.190. The molecule has 1 N–H and O–H groups in total. The molecule has 0 aliphatic carbocycles. The SMILES string of the molecule is CC(C)CCCCOCCN1CCCC(NCCCOC[SH](C)C)C1. The molecule has 0 aromatic heterocycles. The van der Waals surface area contributed by atoms with Gasteiger partial charge in [-0.2, -0.15) is 0 Å². The number of hydrogen-bond acceptors (Lipinski definition) is 4. The van der Waals surface area contributed by atoms with E-state index >= 15 is 0 Å². The lowest BCUT2D eigenvalue weighted by molar-refractivity contribution is 0.0867. The van der Waals surface area contributed by atoms with Crippen molar-refractivity contribution in [1.82, 2.24) is 10.2 Å². The van der Waals surface area contributed by atoms with Gasteiger partial charge in [0.1, 0.15) is 0 Å². The third kappa shape index (κ3) is 14.0. The highest BCUT2D eigenvalue weighted by molar-refractivity contribution is 8.15. The van der Waals surface area contributed by atoms with Crippen molar-refractivity contribution in [2.24, 2.45) is 5.92 Å². The van der Waals surface area contributed by atoms with Crippen molar-refractivity contribution in [3.8, 4) is 0 Å². The lowest BCUT2D eigenvalue weighted by atomic mass is 10.1. The molecule has 4 nitrogen and oxygen atoms in total. The standard InChI is InChI=1S/C20H44N2O2S/c1-19(2)9-5-6-14-23-16-13-22-12-7-10-20(17-22)21-11-8-15-24-18-25(3)4/h19-21,25H,5-18H2,1-4H3. The van der Waals surface area contributed by atoms with E-state index in [-0.39, 0.29) is 10.9 Å². The second-order valence-corrected chi connectivity index (χ2v) is 10.5. The van der Waals surface area contributed by atoms with E-state index in [1.165, 1.54) is 45.2 Å². The van der Waals surface area contributed by atoms with Gasteiger partial charge >= 0.3 is 0 Å². The van der Waals surface area contributed by atoms with E-state index in [4.69, 9.17) is 9.47 Å². The predicted molar refractivity (Wildman–Crippen MR) is 113 cm³/mol. The first-order valence-corrected chi connectivity index (χ1v) is 12.8. The minimum Gasteiger partial charge on any atom is -0.380 e. The molecule has 0 radical (unpaired) electrons. The van der Waals surface area contributed by atoms with Crippen LogP contribution in [0.1, 0.15) is 52.4 Å². The molecule has 1 saturated heterocycles. The maximum atomic E-state index is 5.82. The molecule has 1 rings (SSSR count). The van der Waals surface area contributed by atoms with E-state index in [2.05, 4.69) is 36.6 Å². The van der Waals surface area contributed by atoms with Crippen LogP contribution < -0.4 is 5.32 Å². The van der Waals surface area contributed by atoms with Gasteiger partial charge in [0, 0.05) is 32.3 Å². The smallest absolute Gasteiger partial charge is 0.0742 e. The number of nitrogens with zero attached hydrogens (tertiary/aromatic N) is 1. The fraction of sp³-hybridized carbons (Fsp3) is 1.00. The number of rotatable bonds is 15. The molecule has 152 valence electrons. The second-order valence-electron chi connectivity index (χ2n) is 8.07. The predicted octanol–water partition coefficient (Wildman–Crippen LogP) is 3.51. The molecule has 0 saturated carbocycles. The van der Waals surface area contributed by atoms with Crippen molar-refractivity contribution in [2.75, 3.05) is 64.5 Å². The molecule has 1 aliphatic rings. The number of piperidine rings is 1. The van der Waals surface area contributed by atoms with Crippen LogP contribution in [0.3, 0.4) is 0 Å². The normalized spacial score (nSPS) is 19.6. The van der Waals surface area contributed by atoms with Crippen LogP contribution in [0.5, 0.6) is 0 Å². The van der Waals surface area contributed by atoms with E-state index < -0.39 is 0 Å². The first kappa shape index (κ1) is 23.2. The molecule has 0 amide bonds. The number of thiol groups is 1. The van der Waals surface area contributed by atoms with Crippen LogP contribution in [0.2, 0.25) is 0 Å². The summed E-state index contributed by atoms with van der Waals surface area (Å²) in [5, 5.41) is 3.71. The Morgan fingerprint density at radius 3 is 2.64 bits per heavy atom. The van der Waals surface area contributed by atoms with Gasteiger partial charge in [0.05, 0.1) is 12.5 Å². The first-order chi connectivity index (χ1) is 12.1. The largest absolute Gasteiger partial charge is 0.380 e. The molecular formula is C20H44N2O2S. The van der Waals surface area contributed by atoms with Gasteiger partial charge in [-0.05, 0) is 57.2 Å². The lowest BCUT2D eigenvalue weighted by Gasteiger charge is -2.33. The molecule has 1 unspecified atom stereocenters. The van der Waals surface area contributed by atoms with Crippen molar-refractivity contribution in [2.45, 2.75) is 58.4 Å². The molecule has 0 aromatic rings. The molecule has 0 spiro atoms. The second kappa shape index (κ2) is 15.3. The van der Waals surface area contributed by atoms with E-state index in [1.807, 2.05) is 0 Å². The average molecular weight is 377 g/mol. The van der Waals surface area contributed by atoms with Crippen molar-refractivity contribution < 1.29 is 9.47 Å². The minimum atomic E-state index is 0.0849. The topological polar surface area (TPSA) is 33.7 Å². The molecular weight excluding hydrogens is 332 g/mol. The summed E-state index contributed by atoms with van der Waals surface area (Å²) in [5.41, 5.74) is 0. The Kier molecular flexibility index (Phi) is 14.2. The van der Waals surface area contributed by atoms with Crippen LogP contribution in [0.15, 0.2) is 0 Å². The zero-order chi connectivity index (χ0) is 18.3. The van der Waals surface area contributed by atoms with E-state index in [0.717, 1.165) is 51.2 Å². The molecule has 0 bridgehead atoms. The number of likely N-dealkylation sites (tertiary alicyclic amines) is 1. The monoisotopic (exact) mass is 376 g/mol. The Morgan fingerprint density at radius 2 is 1.88 bits per heavy atom. The van der Waals surface area contributed by atoms with Crippen molar-refractivity contribution in [1.29, 1.82) is 0 Å². The quantitative estimate of drug-likeness (QED) is 0.338. The summed E-state index contributed by atoms with van der Waals surface area (Å²) < 4.78 is 11.5. The van der Waals surface area contributed by atoms with Crippen molar-refractivity contribution >= 4 is 10.9 Å². The summed E-state index contributed by atoms with van der Waals surface area (Å²) in [6.07, 6.45) is 12.1. The highest BCUT2D eigenvalue weighted by Crippen LogP contribution is 2.12. The zero-order valence-electron chi connectivity index (χ0n) is 17.3. The van der Waals surface area contributed by atoms with Crippen molar-refractivity contribution in [3.63, 3.8) is 0 Å². The van der Waals surface area contributed by atoms with E-state index in [1.54, 1.807) is 0 Å². The summed E-state index contributed by atoms with van der Waals surface area (Å²) in [6, 6.07) is 0.647. The molecule has 1 atom stereocenters. The van der Waals surface area contributed by atoms with Gasteiger partial charge in [-0.3, -0.25) is 4.90 Å². The Morgan fingerprint density at radius 1 is 1.08 bits per heavy atom. The maximum absolute atomic E-state index is 5.82. The lowest BCUT2D eigenvalue weighted by Crippen LogP contribution is -2.47. The van der Waals surface area contributed by atoms with Crippen molar-refractivity contribution in [3.05, 3.63) is 0 Å². The molecule has 25 heavy (non-hydrogen) atoms. The number of ether oxygens (including phenoxy) is 2. The van der Waals surface area contributed by atoms with Gasteiger partial charge in [0.2, 0.25) is 0 Å². The van der Waals surface area contributed by atoms with Crippen LogP contribution in [0.25, 0.3) is 0 Å². The number of nitrogens with one attached hydrogen (secondary N) is 1. The minimum absolute atomic E-state index is 0.0849.